The van der Waals surface area contributed by atoms with Crippen molar-refractivity contribution < 1.29 is 9.84 Å². The van der Waals surface area contributed by atoms with Gasteiger partial charge in [-0.05, 0) is 65.9 Å². The van der Waals surface area contributed by atoms with Crippen molar-refractivity contribution in [2.24, 2.45) is 0 Å². The van der Waals surface area contributed by atoms with Crippen LogP contribution in [-0.2, 0) is 17.7 Å². The molecule has 42 heavy (non-hydrogen) atoms. The highest BCUT2D eigenvalue weighted by Gasteiger charge is 2.25. The summed E-state index contributed by atoms with van der Waals surface area (Å²) in [6.45, 7) is 9.07. The Labute approximate surface area is 251 Å². The molecule has 10 heteroatoms. The predicted octanol–water partition coefficient (Wildman–Crippen LogP) is 6.59. The smallest absolute Gasteiger partial charge is 0.185 e. The van der Waals surface area contributed by atoms with Crippen LogP contribution >= 0.6 is 11.6 Å². The molecular weight excluding hydrogens is 550 g/mol. The Kier molecular flexibility index (Phi) is 9.41. The van der Waals surface area contributed by atoms with Crippen molar-refractivity contribution in [1.82, 2.24) is 34.7 Å². The molecule has 3 heterocycles. The first kappa shape index (κ1) is 29.6. The van der Waals surface area contributed by atoms with E-state index in [2.05, 4.69) is 62.7 Å². The third kappa shape index (κ3) is 6.28. The molecule has 0 aliphatic heterocycles. The number of pyridine rings is 1. The Morgan fingerprint density at radius 2 is 1.76 bits per heavy atom. The van der Waals surface area contributed by atoms with Gasteiger partial charge >= 0.3 is 0 Å². The molecule has 0 saturated heterocycles. The van der Waals surface area contributed by atoms with Gasteiger partial charge in [0.1, 0.15) is 11.9 Å². The summed E-state index contributed by atoms with van der Waals surface area (Å²) in [4.78, 5) is 9.10. The topological polar surface area (TPSA) is 104 Å². The van der Waals surface area contributed by atoms with Crippen LogP contribution in [0.25, 0.3) is 22.5 Å². The minimum Gasteiger partial charge on any atom is -0.380 e. The number of aryl methyl sites for hydroxylation is 2. The van der Waals surface area contributed by atoms with Gasteiger partial charge in [0, 0.05) is 31.3 Å². The Morgan fingerprint density at radius 3 is 2.45 bits per heavy atom. The largest absolute Gasteiger partial charge is 0.380 e. The van der Waals surface area contributed by atoms with E-state index in [1.165, 1.54) is 0 Å². The van der Waals surface area contributed by atoms with Crippen molar-refractivity contribution in [3.05, 3.63) is 100 Å². The van der Waals surface area contributed by atoms with Crippen molar-refractivity contribution in [1.29, 1.82) is 0 Å². The fraction of sp³-hybridized carbons (Fsp3) is 0.344. The summed E-state index contributed by atoms with van der Waals surface area (Å²) in [7, 11) is 0. The number of tetrazole rings is 1. The highest BCUT2D eigenvalue weighted by Crippen LogP contribution is 2.33. The summed E-state index contributed by atoms with van der Waals surface area (Å²) in [6.07, 6.45) is 3.24. The number of hydrogen-bond acceptors (Lipinski definition) is 7. The lowest BCUT2D eigenvalue weighted by Gasteiger charge is -2.17. The van der Waals surface area contributed by atoms with Gasteiger partial charge in [-0.2, -0.15) is 4.68 Å². The number of rotatable bonds is 12. The van der Waals surface area contributed by atoms with E-state index in [1.807, 2.05) is 55.7 Å². The number of benzene rings is 2. The van der Waals surface area contributed by atoms with Crippen LogP contribution in [0.2, 0.25) is 5.15 Å². The molecule has 9 nitrogen and oxygen atoms in total. The molecule has 0 radical (unpaired) electrons. The fourth-order valence-corrected chi connectivity index (χ4v) is 5.36. The van der Waals surface area contributed by atoms with Gasteiger partial charge in [0.2, 0.25) is 0 Å². The Balaban J connectivity index is 1.47. The standard InChI is InChI=1S/C32H36ClN7O2/c1-5-7-12-28-35-31(33)29(30(41)27-18-13-21(3)19-34-27)39(28)20-23-14-16-24(17-15-23)25-10-8-9-11-26(25)32-36-37-38-40(32)22(4)42-6-2/h8-11,13-19,22,30,41H,5-7,12,20H2,1-4H3. The van der Waals surface area contributed by atoms with Gasteiger partial charge in [0.15, 0.2) is 17.2 Å². The molecule has 0 aliphatic carbocycles. The lowest BCUT2D eigenvalue weighted by atomic mass is 9.98. The summed E-state index contributed by atoms with van der Waals surface area (Å²) in [5.74, 6) is 1.50. The summed E-state index contributed by atoms with van der Waals surface area (Å²) in [5, 5.41) is 24.0. The Morgan fingerprint density at radius 1 is 1.00 bits per heavy atom. The second-order valence-corrected chi connectivity index (χ2v) is 10.7. The molecule has 218 valence electrons. The minimum atomic E-state index is -0.989. The molecule has 0 aliphatic rings. The van der Waals surface area contributed by atoms with Crippen LogP contribution in [0, 0.1) is 6.92 Å². The lowest BCUT2D eigenvalue weighted by molar-refractivity contribution is 0.0159. The number of unbranched alkanes of at least 4 members (excludes halogenated alkanes) is 1. The predicted molar refractivity (Wildman–Crippen MR) is 163 cm³/mol. The van der Waals surface area contributed by atoms with Gasteiger partial charge in [0.25, 0.3) is 0 Å². The van der Waals surface area contributed by atoms with Crippen LogP contribution < -0.4 is 0 Å². The maximum absolute atomic E-state index is 11.3. The summed E-state index contributed by atoms with van der Waals surface area (Å²) < 4.78 is 9.48. The number of halogens is 1. The van der Waals surface area contributed by atoms with E-state index in [1.54, 1.807) is 10.9 Å². The summed E-state index contributed by atoms with van der Waals surface area (Å²) in [6, 6.07) is 20.2. The third-order valence-corrected chi connectivity index (χ3v) is 7.57. The number of aromatic nitrogens is 7. The van der Waals surface area contributed by atoms with Crippen LogP contribution in [0.5, 0.6) is 0 Å². The second-order valence-electron chi connectivity index (χ2n) is 10.3. The molecule has 2 aromatic carbocycles. The number of nitrogens with zero attached hydrogens (tertiary/aromatic N) is 7. The van der Waals surface area contributed by atoms with Crippen LogP contribution in [0.3, 0.4) is 0 Å². The summed E-state index contributed by atoms with van der Waals surface area (Å²) >= 11 is 6.65. The zero-order valence-corrected chi connectivity index (χ0v) is 25.2. The van der Waals surface area contributed by atoms with Crippen LogP contribution in [0.4, 0.5) is 0 Å². The highest BCUT2D eigenvalue weighted by atomic mass is 35.5. The first-order chi connectivity index (χ1) is 20.4. The van der Waals surface area contributed by atoms with Gasteiger partial charge in [-0.25, -0.2) is 4.98 Å². The van der Waals surface area contributed by atoms with E-state index in [4.69, 9.17) is 16.3 Å². The van der Waals surface area contributed by atoms with Gasteiger partial charge in [-0.1, -0.05) is 79.5 Å². The van der Waals surface area contributed by atoms with Crippen LogP contribution in [0.15, 0.2) is 66.9 Å². The zero-order chi connectivity index (χ0) is 29.6. The molecule has 1 N–H and O–H groups in total. The summed E-state index contributed by atoms with van der Waals surface area (Å²) in [5.41, 5.74) is 6.15. The maximum Gasteiger partial charge on any atom is 0.185 e. The van der Waals surface area contributed by atoms with Crippen molar-refractivity contribution in [2.75, 3.05) is 6.61 Å². The lowest BCUT2D eigenvalue weighted by Crippen LogP contribution is -2.14. The molecule has 0 fully saturated rings. The average Bonchev–Trinajstić information content (AvgIpc) is 3.61. The molecular formula is C32H36ClN7O2. The quantitative estimate of drug-likeness (QED) is 0.176. The molecule has 2 unspecified atom stereocenters. The number of aliphatic hydroxyl groups is 1. The van der Waals surface area contributed by atoms with Crippen molar-refractivity contribution in [2.45, 2.75) is 65.8 Å². The fourth-order valence-electron chi connectivity index (χ4n) is 5.05. The van der Waals surface area contributed by atoms with E-state index in [9.17, 15) is 5.11 Å². The first-order valence-electron chi connectivity index (χ1n) is 14.3. The Bertz CT molecular complexity index is 1610. The number of aliphatic hydroxyl groups excluding tert-OH is 1. The maximum atomic E-state index is 11.3. The minimum absolute atomic E-state index is 0.293. The van der Waals surface area contributed by atoms with Gasteiger partial charge in [0.05, 0.1) is 11.4 Å². The van der Waals surface area contributed by atoms with Gasteiger partial charge in [-0.3, -0.25) is 4.98 Å². The SMILES string of the molecule is CCCCc1nc(Cl)c(C(O)c2ccc(C)cn2)n1Cc1ccc(-c2ccccc2-c2nnnn2C(C)OCC)cc1. The number of hydrogen-bond donors (Lipinski definition) is 1. The highest BCUT2D eigenvalue weighted by molar-refractivity contribution is 6.30. The van der Waals surface area contributed by atoms with Crippen LogP contribution in [0.1, 0.15) is 74.3 Å². The van der Waals surface area contributed by atoms with Gasteiger partial charge < -0.3 is 14.4 Å². The normalized spacial score (nSPS) is 12.9. The van der Waals surface area contributed by atoms with Crippen molar-refractivity contribution in [3.8, 4) is 22.5 Å². The monoisotopic (exact) mass is 585 g/mol. The molecule has 0 bridgehead atoms. The van der Waals surface area contributed by atoms with Crippen LogP contribution in [-0.4, -0.2) is 46.5 Å². The number of imidazole rings is 1. The molecule has 2 atom stereocenters. The molecule has 0 spiro atoms. The first-order valence-corrected chi connectivity index (χ1v) is 14.7. The molecule has 0 amide bonds. The number of ether oxygens (including phenoxy) is 1. The third-order valence-electron chi connectivity index (χ3n) is 7.29. The van der Waals surface area contributed by atoms with E-state index in [0.29, 0.717) is 35.5 Å². The second kappa shape index (κ2) is 13.4. The Hall–Kier alpha value is -3.92. The van der Waals surface area contributed by atoms with Crippen molar-refractivity contribution in [3.63, 3.8) is 0 Å². The molecule has 5 aromatic rings. The zero-order valence-electron chi connectivity index (χ0n) is 24.4. The molecule has 5 rings (SSSR count). The van der Waals surface area contributed by atoms with Crippen molar-refractivity contribution >= 4 is 11.6 Å². The average molecular weight is 586 g/mol. The van der Waals surface area contributed by atoms with E-state index in [0.717, 1.165) is 52.9 Å². The molecule has 0 saturated carbocycles. The van der Waals surface area contributed by atoms with E-state index >= 15 is 0 Å². The van der Waals surface area contributed by atoms with Gasteiger partial charge in [-0.15, -0.1) is 5.10 Å². The van der Waals surface area contributed by atoms with E-state index < -0.39 is 6.10 Å². The molecule has 3 aromatic heterocycles. The van der Waals surface area contributed by atoms with E-state index in [-0.39, 0.29) is 6.23 Å².